The second-order valence-corrected chi connectivity index (χ2v) is 4.46. The number of rotatable bonds is 3. The smallest absolute Gasteiger partial charge is 0.271 e. The van der Waals surface area contributed by atoms with Gasteiger partial charge in [-0.25, -0.2) is 0 Å². The van der Waals surface area contributed by atoms with Gasteiger partial charge in [0.15, 0.2) is 5.69 Å². The highest BCUT2D eigenvalue weighted by Gasteiger charge is 2.23. The van der Waals surface area contributed by atoms with Gasteiger partial charge >= 0.3 is 0 Å². The van der Waals surface area contributed by atoms with Crippen LogP contribution in [0.5, 0.6) is 5.88 Å². The van der Waals surface area contributed by atoms with E-state index in [-0.39, 0.29) is 12.0 Å². The number of hydrogen-bond donors (Lipinski definition) is 2. The van der Waals surface area contributed by atoms with E-state index in [1.807, 2.05) is 0 Å². The fourth-order valence-corrected chi connectivity index (χ4v) is 1.91. The molecule has 1 aromatic rings. The molecule has 2 unspecified atom stereocenters. The summed E-state index contributed by atoms with van der Waals surface area (Å²) in [6, 6.07) is 3.29. The molecule has 2 rings (SSSR count). The van der Waals surface area contributed by atoms with Gasteiger partial charge in [-0.15, -0.1) is 10.2 Å². The zero-order valence-electron chi connectivity index (χ0n) is 10.6. The number of ether oxygens (including phenoxy) is 1. The molecule has 6 heteroatoms. The molecule has 1 aromatic heterocycles. The minimum absolute atomic E-state index is 0.110. The Labute approximate surface area is 106 Å². The summed E-state index contributed by atoms with van der Waals surface area (Å²) in [5, 5.41) is 13.5. The van der Waals surface area contributed by atoms with Crippen molar-refractivity contribution in [3.05, 3.63) is 17.8 Å². The monoisotopic (exact) mass is 250 g/mol. The van der Waals surface area contributed by atoms with Crippen molar-refractivity contribution in [1.29, 1.82) is 0 Å². The van der Waals surface area contributed by atoms with E-state index in [2.05, 4.69) is 27.8 Å². The van der Waals surface area contributed by atoms with E-state index < -0.39 is 0 Å². The zero-order valence-corrected chi connectivity index (χ0v) is 10.6. The highest BCUT2D eigenvalue weighted by molar-refractivity contribution is 5.91. The van der Waals surface area contributed by atoms with Crippen LogP contribution < -0.4 is 15.4 Å². The summed E-state index contributed by atoms with van der Waals surface area (Å²) < 4.78 is 5.77. The first kappa shape index (κ1) is 12.8. The second kappa shape index (κ2) is 5.77. The molecule has 0 radical (unpaired) electrons. The highest BCUT2D eigenvalue weighted by atomic mass is 16.5. The molecule has 0 aliphatic carbocycles. The van der Waals surface area contributed by atoms with E-state index in [1.165, 1.54) is 0 Å². The van der Waals surface area contributed by atoms with Gasteiger partial charge < -0.3 is 15.4 Å². The SMILES string of the molecule is CNC(=O)c1ccc(OC2CNCCC2C)nn1. The summed E-state index contributed by atoms with van der Waals surface area (Å²) in [5.74, 6) is 0.705. The quantitative estimate of drug-likeness (QED) is 0.802. The molecule has 2 heterocycles. The zero-order chi connectivity index (χ0) is 13.0. The fourth-order valence-electron chi connectivity index (χ4n) is 1.91. The number of carbonyl (C=O) groups excluding carboxylic acids is 1. The van der Waals surface area contributed by atoms with Crippen molar-refractivity contribution in [3.8, 4) is 5.88 Å². The number of carbonyl (C=O) groups is 1. The van der Waals surface area contributed by atoms with Crippen molar-refractivity contribution >= 4 is 5.91 Å². The molecule has 1 fully saturated rings. The summed E-state index contributed by atoms with van der Waals surface area (Å²) in [4.78, 5) is 11.3. The predicted octanol–water partition coefficient (Wildman–Crippen LogP) is 0.213. The maximum atomic E-state index is 11.3. The molecule has 18 heavy (non-hydrogen) atoms. The van der Waals surface area contributed by atoms with Crippen LogP contribution in [0.1, 0.15) is 23.8 Å². The van der Waals surface area contributed by atoms with Gasteiger partial charge in [0.2, 0.25) is 5.88 Å². The largest absolute Gasteiger partial charge is 0.472 e. The first-order valence-electron chi connectivity index (χ1n) is 6.14. The van der Waals surface area contributed by atoms with E-state index in [9.17, 15) is 4.79 Å². The van der Waals surface area contributed by atoms with Crippen LogP contribution in [-0.2, 0) is 0 Å². The summed E-state index contributed by atoms with van der Waals surface area (Å²) in [5.41, 5.74) is 0.291. The summed E-state index contributed by atoms with van der Waals surface area (Å²) in [6.07, 6.45) is 1.20. The van der Waals surface area contributed by atoms with E-state index >= 15 is 0 Å². The topological polar surface area (TPSA) is 76.1 Å². The second-order valence-electron chi connectivity index (χ2n) is 4.46. The predicted molar refractivity (Wildman–Crippen MR) is 66.5 cm³/mol. The van der Waals surface area contributed by atoms with Crippen molar-refractivity contribution in [1.82, 2.24) is 20.8 Å². The summed E-state index contributed by atoms with van der Waals surface area (Å²) >= 11 is 0. The lowest BCUT2D eigenvalue weighted by Crippen LogP contribution is -2.43. The molecule has 6 nitrogen and oxygen atoms in total. The minimum Gasteiger partial charge on any atom is -0.472 e. The van der Waals surface area contributed by atoms with Crippen LogP contribution in [0.15, 0.2) is 12.1 Å². The molecule has 98 valence electrons. The molecular weight excluding hydrogens is 232 g/mol. The Balaban J connectivity index is 1.99. The normalized spacial score (nSPS) is 23.4. The minimum atomic E-state index is -0.248. The van der Waals surface area contributed by atoms with Crippen molar-refractivity contribution in [2.75, 3.05) is 20.1 Å². The summed E-state index contributed by atoms with van der Waals surface area (Å²) in [6.45, 7) is 4.01. The molecular formula is C12H18N4O2. The van der Waals surface area contributed by atoms with Crippen LogP contribution in [-0.4, -0.2) is 42.3 Å². The summed E-state index contributed by atoms with van der Waals surface area (Å²) in [7, 11) is 1.56. The van der Waals surface area contributed by atoms with Crippen LogP contribution in [0.4, 0.5) is 0 Å². The number of nitrogens with zero attached hydrogens (tertiary/aromatic N) is 2. The van der Waals surface area contributed by atoms with Gasteiger partial charge in [-0.05, 0) is 24.9 Å². The van der Waals surface area contributed by atoms with Crippen LogP contribution in [0, 0.1) is 5.92 Å². The number of aromatic nitrogens is 2. The third-order valence-electron chi connectivity index (χ3n) is 3.13. The Bertz CT molecular complexity index is 407. The lowest BCUT2D eigenvalue weighted by molar-refractivity contribution is 0.0953. The molecule has 1 amide bonds. The third-order valence-corrected chi connectivity index (χ3v) is 3.13. The van der Waals surface area contributed by atoms with Gasteiger partial charge in [0.1, 0.15) is 6.10 Å². The standard InChI is InChI=1S/C12H18N4O2/c1-8-5-6-14-7-10(8)18-11-4-3-9(15-16-11)12(17)13-2/h3-4,8,10,14H,5-7H2,1-2H3,(H,13,17). The number of hydrogen-bond acceptors (Lipinski definition) is 5. The Morgan fingerprint density at radius 1 is 1.50 bits per heavy atom. The molecule has 1 saturated heterocycles. The molecule has 0 aromatic carbocycles. The van der Waals surface area contributed by atoms with Gasteiger partial charge in [0.25, 0.3) is 5.91 Å². The number of amides is 1. The number of piperidine rings is 1. The molecule has 2 atom stereocenters. The van der Waals surface area contributed by atoms with Crippen LogP contribution in [0.2, 0.25) is 0 Å². The Morgan fingerprint density at radius 3 is 2.94 bits per heavy atom. The average molecular weight is 250 g/mol. The molecule has 0 spiro atoms. The fraction of sp³-hybridized carbons (Fsp3) is 0.583. The molecule has 1 aliphatic rings. The highest BCUT2D eigenvalue weighted by Crippen LogP contribution is 2.17. The third kappa shape index (κ3) is 2.95. The first-order valence-corrected chi connectivity index (χ1v) is 6.14. The van der Waals surface area contributed by atoms with Gasteiger partial charge in [-0.1, -0.05) is 6.92 Å². The number of nitrogens with one attached hydrogen (secondary N) is 2. The maximum Gasteiger partial charge on any atom is 0.271 e. The molecule has 0 saturated carbocycles. The van der Waals surface area contributed by atoms with Crippen molar-refractivity contribution < 1.29 is 9.53 Å². The molecule has 0 bridgehead atoms. The maximum absolute atomic E-state index is 11.3. The van der Waals surface area contributed by atoms with Crippen molar-refractivity contribution in [3.63, 3.8) is 0 Å². The van der Waals surface area contributed by atoms with Crippen LogP contribution >= 0.6 is 0 Å². The Hall–Kier alpha value is -1.69. The Morgan fingerprint density at radius 2 is 2.33 bits per heavy atom. The van der Waals surface area contributed by atoms with E-state index in [1.54, 1.807) is 19.2 Å². The lowest BCUT2D eigenvalue weighted by Gasteiger charge is -2.29. The van der Waals surface area contributed by atoms with Gasteiger partial charge in [0, 0.05) is 19.7 Å². The average Bonchev–Trinajstić information content (AvgIpc) is 2.41. The van der Waals surface area contributed by atoms with Crippen LogP contribution in [0.25, 0.3) is 0 Å². The van der Waals surface area contributed by atoms with E-state index in [4.69, 9.17) is 4.74 Å². The molecule has 1 aliphatic heterocycles. The van der Waals surface area contributed by atoms with Gasteiger partial charge in [0.05, 0.1) is 0 Å². The van der Waals surface area contributed by atoms with E-state index in [0.29, 0.717) is 17.5 Å². The van der Waals surface area contributed by atoms with Crippen LogP contribution in [0.3, 0.4) is 0 Å². The molecule has 2 N–H and O–H groups in total. The van der Waals surface area contributed by atoms with Gasteiger partial charge in [-0.2, -0.15) is 0 Å². The van der Waals surface area contributed by atoms with Crippen molar-refractivity contribution in [2.45, 2.75) is 19.4 Å². The Kier molecular flexibility index (Phi) is 4.09. The first-order chi connectivity index (χ1) is 8.70. The van der Waals surface area contributed by atoms with Gasteiger partial charge in [-0.3, -0.25) is 4.79 Å². The van der Waals surface area contributed by atoms with E-state index in [0.717, 1.165) is 19.5 Å². The van der Waals surface area contributed by atoms with Crippen molar-refractivity contribution in [2.24, 2.45) is 5.92 Å². The lowest BCUT2D eigenvalue weighted by atomic mass is 9.97.